The van der Waals surface area contributed by atoms with Gasteiger partial charge in [0.1, 0.15) is 0 Å². The minimum absolute atomic E-state index is 0.0128. The first-order valence-corrected chi connectivity index (χ1v) is 13.6. The van der Waals surface area contributed by atoms with Crippen molar-refractivity contribution in [1.82, 2.24) is 19.6 Å². The molecule has 0 radical (unpaired) electrons. The maximum Gasteiger partial charge on any atom is 0.416 e. The molecule has 2 fully saturated rings. The molecule has 10 nitrogen and oxygen atoms in total. The van der Waals surface area contributed by atoms with Crippen molar-refractivity contribution in [2.24, 2.45) is 11.8 Å². The zero-order chi connectivity index (χ0) is 27.1. The number of halogens is 4. The van der Waals surface area contributed by atoms with E-state index in [4.69, 9.17) is 11.6 Å². The summed E-state index contributed by atoms with van der Waals surface area (Å²) < 4.78 is 66.6. The van der Waals surface area contributed by atoms with Crippen LogP contribution in [-0.2, 0) is 27.5 Å². The van der Waals surface area contributed by atoms with Crippen LogP contribution in [0.1, 0.15) is 24.0 Å². The minimum atomic E-state index is -4.61. The average molecular weight is 564 g/mol. The van der Waals surface area contributed by atoms with E-state index in [2.05, 4.69) is 9.82 Å². The summed E-state index contributed by atoms with van der Waals surface area (Å²) in [7, 11) is -3.55. The summed E-state index contributed by atoms with van der Waals surface area (Å²) in [5.41, 5.74) is -0.946. The maximum absolute atomic E-state index is 13.5. The lowest BCUT2D eigenvalue weighted by atomic mass is 10.0. The van der Waals surface area contributed by atoms with E-state index in [0.717, 1.165) is 23.1 Å². The third-order valence-electron chi connectivity index (χ3n) is 6.67. The average Bonchev–Trinajstić information content (AvgIpc) is 3.45. The molecule has 0 unspecified atom stereocenters. The molecule has 2 aliphatic rings. The number of benzene rings is 1. The Morgan fingerprint density at radius 3 is 2.43 bits per heavy atom. The molecule has 1 aliphatic carbocycles. The molecule has 1 aromatic carbocycles. The molecule has 1 aromatic heterocycles. The van der Waals surface area contributed by atoms with Crippen LogP contribution in [0, 0.1) is 11.8 Å². The molecular weight excluding hydrogens is 539 g/mol. The molecule has 2 N–H and O–H groups in total. The fourth-order valence-corrected chi connectivity index (χ4v) is 5.90. The summed E-state index contributed by atoms with van der Waals surface area (Å²) >= 11 is 5.94. The first-order valence-electron chi connectivity index (χ1n) is 11.3. The molecule has 1 amide bonds. The number of carboxylic acids is 1. The van der Waals surface area contributed by atoms with Crippen molar-refractivity contribution in [3.05, 3.63) is 46.6 Å². The Bertz CT molecular complexity index is 1290. The highest BCUT2D eigenvalue weighted by atomic mass is 35.5. The minimum Gasteiger partial charge on any atom is -0.480 e. The van der Waals surface area contributed by atoms with E-state index in [1.54, 1.807) is 4.90 Å². The third-order valence-corrected chi connectivity index (χ3v) is 7.49. The number of alkyl halides is 3. The highest BCUT2D eigenvalue weighted by molar-refractivity contribution is 7.92. The second kappa shape index (κ2) is 10.1. The molecule has 1 saturated heterocycles. The van der Waals surface area contributed by atoms with Crippen LogP contribution in [0.3, 0.4) is 0 Å². The van der Waals surface area contributed by atoms with Gasteiger partial charge in [0.2, 0.25) is 10.0 Å². The van der Waals surface area contributed by atoms with Gasteiger partial charge in [-0.25, -0.2) is 13.2 Å². The smallest absolute Gasteiger partial charge is 0.416 e. The number of nitrogens with one attached hydrogen (secondary N) is 1. The lowest BCUT2D eigenvalue weighted by Gasteiger charge is -2.30. The van der Waals surface area contributed by atoms with E-state index < -0.39 is 40.3 Å². The SMILES string of the molecule is CS(=O)(=O)Nc1ccn(C(=O)N2C[C@H]3C[C@H](N(CC(=O)O)Cc4cc(Cl)ccc4C(F)(F)F)C[C@H]3C2)n1. The van der Waals surface area contributed by atoms with E-state index in [1.165, 1.54) is 23.2 Å². The van der Waals surface area contributed by atoms with E-state index in [-0.39, 0.29) is 40.8 Å². The number of carboxylic acid groups (broad SMARTS) is 1. The van der Waals surface area contributed by atoms with Crippen LogP contribution in [0.15, 0.2) is 30.5 Å². The Hall–Kier alpha value is -2.84. The molecule has 15 heteroatoms. The van der Waals surface area contributed by atoms with Crippen LogP contribution in [0.4, 0.5) is 23.8 Å². The van der Waals surface area contributed by atoms with Crippen molar-refractivity contribution < 1.29 is 36.3 Å². The summed E-state index contributed by atoms with van der Waals surface area (Å²) in [5, 5.41) is 13.5. The van der Waals surface area contributed by atoms with Gasteiger partial charge in [-0.2, -0.15) is 17.9 Å². The number of carbonyl (C=O) groups excluding carboxylic acids is 1. The van der Waals surface area contributed by atoms with Crippen molar-refractivity contribution in [2.75, 3.05) is 30.6 Å². The fourth-order valence-electron chi connectivity index (χ4n) is 5.22. The van der Waals surface area contributed by atoms with Crippen molar-refractivity contribution in [1.29, 1.82) is 0 Å². The third kappa shape index (κ3) is 6.54. The summed E-state index contributed by atoms with van der Waals surface area (Å²) in [6.07, 6.45) is -1.25. The molecule has 0 spiro atoms. The Morgan fingerprint density at radius 2 is 1.86 bits per heavy atom. The lowest BCUT2D eigenvalue weighted by molar-refractivity contribution is -0.139. The standard InChI is InChI=1S/C22H25ClF3N5O5S/c1-37(35,36)28-19-4-5-31(27-19)21(34)30-9-13-7-17(8-14(13)10-30)29(12-20(32)33)11-15-6-16(23)2-3-18(15)22(24,25)26/h2-6,13-14,17H,7-12H2,1H3,(H,27,28)(H,32,33)/t13-,14+,17+. The number of hydrogen-bond acceptors (Lipinski definition) is 6. The van der Waals surface area contributed by atoms with E-state index in [9.17, 15) is 36.3 Å². The maximum atomic E-state index is 13.5. The monoisotopic (exact) mass is 563 g/mol. The summed E-state index contributed by atoms with van der Waals surface area (Å²) in [6.45, 7) is 0.0962. The summed E-state index contributed by atoms with van der Waals surface area (Å²) in [5.74, 6) is -1.06. The highest BCUT2D eigenvalue weighted by Crippen LogP contribution is 2.41. The predicted octanol–water partition coefficient (Wildman–Crippen LogP) is 3.19. The van der Waals surface area contributed by atoms with Gasteiger partial charge in [0, 0.05) is 43.0 Å². The van der Waals surface area contributed by atoms with Crippen molar-refractivity contribution >= 4 is 39.4 Å². The Morgan fingerprint density at radius 1 is 1.22 bits per heavy atom. The van der Waals surface area contributed by atoms with Gasteiger partial charge in [0.05, 0.1) is 18.4 Å². The van der Waals surface area contributed by atoms with Gasteiger partial charge in [0.25, 0.3) is 0 Å². The first-order chi connectivity index (χ1) is 17.2. The second-order valence-corrected chi connectivity index (χ2v) is 11.6. The van der Waals surface area contributed by atoms with Crippen molar-refractivity contribution in [3.8, 4) is 0 Å². The van der Waals surface area contributed by atoms with E-state index >= 15 is 0 Å². The Kier molecular flexibility index (Phi) is 7.45. The number of likely N-dealkylation sites (tertiary alicyclic amines) is 1. The van der Waals surface area contributed by atoms with E-state index in [0.29, 0.717) is 25.9 Å². The fraction of sp³-hybridized carbons (Fsp3) is 0.500. The number of aromatic nitrogens is 2. The molecule has 1 aliphatic heterocycles. The quantitative estimate of drug-likeness (QED) is 0.530. The largest absolute Gasteiger partial charge is 0.480 e. The molecule has 0 bridgehead atoms. The van der Waals surface area contributed by atoms with Crippen LogP contribution < -0.4 is 4.72 Å². The zero-order valence-electron chi connectivity index (χ0n) is 19.7. The topological polar surface area (TPSA) is 125 Å². The molecular formula is C22H25ClF3N5O5S. The molecule has 1 saturated carbocycles. The van der Waals surface area contributed by atoms with Gasteiger partial charge in [-0.15, -0.1) is 5.10 Å². The number of fused-ring (bicyclic) bond motifs is 1. The normalized spacial score (nSPS) is 21.9. The van der Waals surface area contributed by atoms with Gasteiger partial charge in [0.15, 0.2) is 5.82 Å². The number of rotatable bonds is 7. The Labute approximate surface area is 216 Å². The van der Waals surface area contributed by atoms with Crippen LogP contribution in [0.25, 0.3) is 0 Å². The van der Waals surface area contributed by atoms with E-state index in [1.807, 2.05) is 0 Å². The molecule has 2 aromatic rings. The van der Waals surface area contributed by atoms with Crippen LogP contribution in [-0.4, -0.2) is 77.0 Å². The van der Waals surface area contributed by atoms with Crippen LogP contribution in [0.5, 0.6) is 0 Å². The van der Waals surface area contributed by atoms with Gasteiger partial charge < -0.3 is 10.0 Å². The number of nitrogens with zero attached hydrogens (tertiary/aromatic N) is 4. The summed E-state index contributed by atoms with van der Waals surface area (Å²) in [4.78, 5) is 27.5. The van der Waals surface area contributed by atoms with Gasteiger partial charge in [-0.1, -0.05) is 11.6 Å². The zero-order valence-corrected chi connectivity index (χ0v) is 21.2. The Balaban J connectivity index is 1.44. The number of hydrogen-bond donors (Lipinski definition) is 2. The first kappa shape index (κ1) is 27.2. The number of sulfonamides is 1. The molecule has 202 valence electrons. The van der Waals surface area contributed by atoms with Crippen LogP contribution >= 0.6 is 11.6 Å². The highest BCUT2D eigenvalue weighted by Gasteiger charge is 2.45. The molecule has 37 heavy (non-hydrogen) atoms. The number of aliphatic carboxylic acids is 1. The molecule has 2 heterocycles. The number of carbonyl (C=O) groups is 2. The molecule has 3 atom stereocenters. The second-order valence-electron chi connectivity index (χ2n) is 9.45. The predicted molar refractivity (Wildman–Crippen MR) is 128 cm³/mol. The number of amides is 1. The lowest BCUT2D eigenvalue weighted by Crippen LogP contribution is -2.40. The van der Waals surface area contributed by atoms with Crippen molar-refractivity contribution in [2.45, 2.75) is 31.6 Å². The van der Waals surface area contributed by atoms with Crippen LogP contribution in [0.2, 0.25) is 5.02 Å². The van der Waals surface area contributed by atoms with Gasteiger partial charge in [-0.05, 0) is 48.4 Å². The summed E-state index contributed by atoms with van der Waals surface area (Å²) in [6, 6.07) is 3.92. The van der Waals surface area contributed by atoms with Gasteiger partial charge in [-0.3, -0.25) is 14.4 Å². The molecule has 4 rings (SSSR count). The number of anilines is 1. The van der Waals surface area contributed by atoms with Crippen molar-refractivity contribution in [3.63, 3.8) is 0 Å². The van der Waals surface area contributed by atoms with Gasteiger partial charge >= 0.3 is 18.2 Å².